The number of nitrogens with zero attached hydrogens (tertiary/aromatic N) is 1. The van der Waals surface area contributed by atoms with E-state index in [4.69, 9.17) is 10.7 Å². The Hall–Kier alpha value is -3.19. The lowest BCUT2D eigenvalue weighted by molar-refractivity contribution is -0.117. The molecule has 0 spiro atoms. The minimum Gasteiger partial charge on any atom is -0.351 e. The van der Waals surface area contributed by atoms with Crippen LogP contribution in [0.25, 0.3) is 21.8 Å². The van der Waals surface area contributed by atoms with Gasteiger partial charge in [-0.2, -0.15) is 0 Å². The number of hydrogen-bond donors (Lipinski definition) is 3. The molecule has 0 saturated heterocycles. The molecule has 7 heteroatoms. The van der Waals surface area contributed by atoms with Gasteiger partial charge in [-0.05, 0) is 37.1 Å². The highest BCUT2D eigenvalue weighted by Gasteiger charge is 2.29. The van der Waals surface area contributed by atoms with Crippen LogP contribution < -0.4 is 16.4 Å². The van der Waals surface area contributed by atoms with Crippen molar-refractivity contribution in [1.82, 2.24) is 4.98 Å². The maximum atomic E-state index is 11.9. The van der Waals surface area contributed by atoms with Crippen molar-refractivity contribution in [1.29, 1.82) is 0 Å². The molecule has 1 fully saturated rings. The average molecular weight is 378 g/mol. The smallest absolute Gasteiger partial charge is 0.316 e. The third-order valence-electron chi connectivity index (χ3n) is 4.28. The normalized spacial score (nSPS) is 13.2. The number of benzene rings is 2. The SMILES string of the molecule is NC(=O)Nc1ccc(-c2csc(-c3cccc(NC(=O)C4CC4)c3)n2)cc1. The van der Waals surface area contributed by atoms with Crippen molar-refractivity contribution in [2.45, 2.75) is 12.8 Å². The minimum atomic E-state index is -0.590. The van der Waals surface area contributed by atoms with Crippen molar-refractivity contribution in [3.05, 3.63) is 53.9 Å². The molecule has 6 nitrogen and oxygen atoms in total. The highest BCUT2D eigenvalue weighted by Crippen LogP contribution is 2.32. The Morgan fingerprint density at radius 1 is 1.00 bits per heavy atom. The molecule has 1 heterocycles. The van der Waals surface area contributed by atoms with Gasteiger partial charge in [0.25, 0.3) is 0 Å². The van der Waals surface area contributed by atoms with Crippen molar-refractivity contribution in [3.63, 3.8) is 0 Å². The summed E-state index contributed by atoms with van der Waals surface area (Å²) in [5.41, 5.74) is 9.32. The van der Waals surface area contributed by atoms with Crippen LogP contribution in [0.4, 0.5) is 16.2 Å². The first-order chi connectivity index (χ1) is 13.1. The van der Waals surface area contributed by atoms with Crippen molar-refractivity contribution >= 4 is 34.6 Å². The lowest BCUT2D eigenvalue weighted by Crippen LogP contribution is -2.19. The Labute approximate surface area is 160 Å². The molecule has 1 saturated carbocycles. The molecular formula is C20H18N4O2S. The number of amides is 3. The molecule has 0 atom stereocenters. The van der Waals surface area contributed by atoms with Crippen LogP contribution in [0.1, 0.15) is 12.8 Å². The predicted molar refractivity (Wildman–Crippen MR) is 108 cm³/mol. The number of aromatic nitrogens is 1. The van der Waals surface area contributed by atoms with Gasteiger partial charge in [0.15, 0.2) is 0 Å². The van der Waals surface area contributed by atoms with E-state index in [0.29, 0.717) is 5.69 Å². The average Bonchev–Trinajstić information content (AvgIpc) is 3.39. The van der Waals surface area contributed by atoms with E-state index in [9.17, 15) is 9.59 Å². The Kier molecular flexibility index (Phi) is 4.60. The fourth-order valence-corrected chi connectivity index (χ4v) is 3.55. The molecular weight excluding hydrogens is 360 g/mol. The summed E-state index contributed by atoms with van der Waals surface area (Å²) >= 11 is 1.55. The maximum Gasteiger partial charge on any atom is 0.316 e. The summed E-state index contributed by atoms with van der Waals surface area (Å²) in [6.07, 6.45) is 1.96. The van der Waals surface area contributed by atoms with Gasteiger partial charge >= 0.3 is 6.03 Å². The number of urea groups is 1. The summed E-state index contributed by atoms with van der Waals surface area (Å²) in [5.74, 6) is 0.267. The van der Waals surface area contributed by atoms with Crippen molar-refractivity contribution in [3.8, 4) is 21.8 Å². The van der Waals surface area contributed by atoms with Crippen molar-refractivity contribution in [2.75, 3.05) is 10.6 Å². The predicted octanol–water partition coefficient (Wildman–Crippen LogP) is 4.32. The first-order valence-electron chi connectivity index (χ1n) is 8.62. The molecule has 3 aromatic rings. The molecule has 0 unspecified atom stereocenters. The third-order valence-corrected chi connectivity index (χ3v) is 5.17. The van der Waals surface area contributed by atoms with E-state index in [-0.39, 0.29) is 11.8 Å². The van der Waals surface area contributed by atoms with Gasteiger partial charge in [-0.25, -0.2) is 9.78 Å². The van der Waals surface area contributed by atoms with Crippen LogP contribution in [0.5, 0.6) is 0 Å². The maximum absolute atomic E-state index is 11.9. The van der Waals surface area contributed by atoms with Gasteiger partial charge in [0.05, 0.1) is 5.69 Å². The van der Waals surface area contributed by atoms with Crippen LogP contribution in [0, 0.1) is 5.92 Å². The molecule has 1 aliphatic rings. The Morgan fingerprint density at radius 2 is 1.78 bits per heavy atom. The molecule has 4 rings (SSSR count). The quantitative estimate of drug-likeness (QED) is 0.617. The van der Waals surface area contributed by atoms with Crippen LogP contribution in [-0.2, 0) is 4.79 Å². The summed E-state index contributed by atoms with van der Waals surface area (Å²) < 4.78 is 0. The monoisotopic (exact) mass is 378 g/mol. The Bertz CT molecular complexity index is 993. The summed E-state index contributed by atoms with van der Waals surface area (Å²) in [7, 11) is 0. The molecule has 0 aliphatic heterocycles. The summed E-state index contributed by atoms with van der Waals surface area (Å²) in [5, 5.41) is 8.37. The number of carbonyl (C=O) groups is 2. The first kappa shape index (κ1) is 17.2. The number of primary amides is 1. The molecule has 2 aromatic carbocycles. The van der Waals surface area contributed by atoms with Gasteiger partial charge in [0.2, 0.25) is 5.91 Å². The number of anilines is 2. The number of carbonyl (C=O) groups excluding carboxylic acids is 2. The molecule has 0 bridgehead atoms. The van der Waals surface area contributed by atoms with E-state index < -0.39 is 6.03 Å². The van der Waals surface area contributed by atoms with E-state index in [1.807, 2.05) is 41.8 Å². The fraction of sp³-hybridized carbons (Fsp3) is 0.150. The van der Waals surface area contributed by atoms with E-state index in [1.165, 1.54) is 0 Å². The van der Waals surface area contributed by atoms with Crippen molar-refractivity contribution < 1.29 is 9.59 Å². The second-order valence-electron chi connectivity index (χ2n) is 6.45. The first-order valence-corrected chi connectivity index (χ1v) is 9.50. The van der Waals surface area contributed by atoms with Gasteiger partial charge in [-0.15, -0.1) is 11.3 Å². The Balaban J connectivity index is 1.52. The Morgan fingerprint density at radius 3 is 2.48 bits per heavy atom. The van der Waals surface area contributed by atoms with Crippen LogP contribution >= 0.6 is 11.3 Å². The zero-order valence-corrected chi connectivity index (χ0v) is 15.3. The van der Waals surface area contributed by atoms with Crippen molar-refractivity contribution in [2.24, 2.45) is 11.7 Å². The number of nitrogens with two attached hydrogens (primary N) is 1. The number of nitrogens with one attached hydrogen (secondary N) is 2. The van der Waals surface area contributed by atoms with Crippen LogP contribution in [-0.4, -0.2) is 16.9 Å². The van der Waals surface area contributed by atoms with Gasteiger partial charge in [-0.3, -0.25) is 4.79 Å². The molecule has 1 aromatic heterocycles. The number of thiazole rings is 1. The van der Waals surface area contributed by atoms with E-state index >= 15 is 0 Å². The van der Waals surface area contributed by atoms with E-state index in [1.54, 1.807) is 23.5 Å². The highest BCUT2D eigenvalue weighted by atomic mass is 32.1. The van der Waals surface area contributed by atoms with E-state index in [0.717, 1.165) is 40.4 Å². The summed E-state index contributed by atoms with van der Waals surface area (Å²) in [6.45, 7) is 0. The minimum absolute atomic E-state index is 0.0941. The molecule has 0 radical (unpaired) electrons. The number of rotatable bonds is 5. The largest absolute Gasteiger partial charge is 0.351 e. The fourth-order valence-electron chi connectivity index (χ4n) is 2.73. The van der Waals surface area contributed by atoms with Gasteiger partial charge in [0, 0.05) is 33.8 Å². The van der Waals surface area contributed by atoms with Crippen LogP contribution in [0.3, 0.4) is 0 Å². The van der Waals surface area contributed by atoms with E-state index in [2.05, 4.69) is 10.6 Å². The molecule has 27 heavy (non-hydrogen) atoms. The second kappa shape index (κ2) is 7.20. The molecule has 1 aliphatic carbocycles. The van der Waals surface area contributed by atoms with Gasteiger partial charge in [-0.1, -0.05) is 24.3 Å². The highest BCUT2D eigenvalue weighted by molar-refractivity contribution is 7.13. The number of hydrogen-bond acceptors (Lipinski definition) is 4. The summed E-state index contributed by atoms with van der Waals surface area (Å²) in [6, 6.07) is 14.5. The van der Waals surface area contributed by atoms with Crippen LogP contribution in [0.2, 0.25) is 0 Å². The lowest BCUT2D eigenvalue weighted by Gasteiger charge is -2.05. The van der Waals surface area contributed by atoms with Gasteiger partial charge < -0.3 is 16.4 Å². The third kappa shape index (κ3) is 4.15. The second-order valence-corrected chi connectivity index (χ2v) is 7.31. The van der Waals surface area contributed by atoms with Gasteiger partial charge in [0.1, 0.15) is 5.01 Å². The molecule has 3 amide bonds. The summed E-state index contributed by atoms with van der Waals surface area (Å²) in [4.78, 5) is 27.5. The molecule has 136 valence electrons. The standard InChI is InChI=1S/C20H18N4O2S/c21-20(26)23-15-8-6-12(7-9-15)17-11-27-19(24-17)14-2-1-3-16(10-14)22-18(25)13-4-5-13/h1-3,6-11,13H,4-5H2,(H,22,25)(H3,21,23,26). The topological polar surface area (TPSA) is 97.1 Å². The van der Waals surface area contributed by atoms with Crippen LogP contribution in [0.15, 0.2) is 53.9 Å². The molecule has 4 N–H and O–H groups in total. The zero-order chi connectivity index (χ0) is 18.8. The zero-order valence-electron chi connectivity index (χ0n) is 14.4. The lowest BCUT2D eigenvalue weighted by atomic mass is 10.1.